The van der Waals surface area contributed by atoms with E-state index in [-0.39, 0.29) is 39.1 Å². The van der Waals surface area contributed by atoms with Crippen LogP contribution in [0.1, 0.15) is 29.4 Å². The van der Waals surface area contributed by atoms with E-state index in [9.17, 15) is 18.4 Å². The van der Waals surface area contributed by atoms with Gasteiger partial charge >= 0.3 is 12.6 Å². The van der Waals surface area contributed by atoms with Crippen LogP contribution in [0.15, 0.2) is 50.3 Å². The van der Waals surface area contributed by atoms with Crippen LogP contribution >= 0.6 is 22.9 Å². The van der Waals surface area contributed by atoms with E-state index in [2.05, 4.69) is 9.73 Å². The highest BCUT2D eigenvalue weighted by Gasteiger charge is 2.36. The lowest BCUT2D eigenvalue weighted by Crippen LogP contribution is -2.19. The van der Waals surface area contributed by atoms with Gasteiger partial charge in [-0.05, 0) is 24.6 Å². The van der Waals surface area contributed by atoms with Gasteiger partial charge in [0.15, 0.2) is 5.06 Å². The predicted molar refractivity (Wildman–Crippen MR) is 99.2 cm³/mol. The molecule has 0 aromatic carbocycles. The Hall–Kier alpha value is -2.52. The van der Waals surface area contributed by atoms with Crippen LogP contribution in [-0.2, 0) is 9.53 Å². The first-order valence-corrected chi connectivity index (χ1v) is 9.18. The summed E-state index contributed by atoms with van der Waals surface area (Å²) in [5.74, 6) is -1.36. The second kappa shape index (κ2) is 7.84. The third-order valence-electron chi connectivity index (χ3n) is 4.18. The summed E-state index contributed by atoms with van der Waals surface area (Å²) in [6, 6.07) is 2.67. The molecule has 6 nitrogen and oxygen atoms in total. The third kappa shape index (κ3) is 3.72. The van der Waals surface area contributed by atoms with Crippen molar-refractivity contribution in [2.24, 2.45) is 4.99 Å². The molecule has 1 N–H and O–H groups in total. The third-order valence-corrected chi connectivity index (χ3v) is 5.52. The maximum atomic E-state index is 12.9. The van der Waals surface area contributed by atoms with Gasteiger partial charge in [-0.2, -0.15) is 8.78 Å². The zero-order valence-electron chi connectivity index (χ0n) is 14.7. The number of allylic oxidation sites excluding steroid dienone is 4. The van der Waals surface area contributed by atoms with Gasteiger partial charge in [0.1, 0.15) is 5.76 Å². The number of aliphatic carboxylic acids is 1. The lowest BCUT2D eigenvalue weighted by molar-refractivity contribution is -0.136. The van der Waals surface area contributed by atoms with Crippen molar-refractivity contribution in [3.05, 3.63) is 50.2 Å². The second-order valence-corrected chi connectivity index (χ2v) is 7.32. The second-order valence-electron chi connectivity index (χ2n) is 5.90. The standard InChI is InChI=1S/C18H14ClF2NO5S/c1-7-8(6-12(23)24)14-10(22-7)5-9(17(26-2)15(14)19)16(25)11-3-4-13(28-11)27-18(20)21/h3-4,18H,5-6H2,1-2H3,(H,23,24). The number of methoxy groups -OCH3 is 1. The molecule has 0 unspecified atom stereocenters. The predicted octanol–water partition coefficient (Wildman–Crippen LogP) is 4.53. The van der Waals surface area contributed by atoms with E-state index in [1.165, 1.54) is 19.2 Å². The molecule has 28 heavy (non-hydrogen) atoms. The van der Waals surface area contributed by atoms with Crippen LogP contribution < -0.4 is 4.74 Å². The van der Waals surface area contributed by atoms with Crippen molar-refractivity contribution in [2.45, 2.75) is 26.4 Å². The molecule has 1 aliphatic carbocycles. The minimum absolute atomic E-state index is 0.0803. The molecule has 0 bridgehead atoms. The molecular formula is C18H14ClF2NO5S. The molecular weight excluding hydrogens is 416 g/mol. The highest BCUT2D eigenvalue weighted by Crippen LogP contribution is 2.42. The number of ether oxygens (including phenoxy) is 2. The molecule has 0 atom stereocenters. The molecule has 1 aromatic rings. The Morgan fingerprint density at radius 1 is 1.39 bits per heavy atom. The Labute approximate surface area is 167 Å². The van der Waals surface area contributed by atoms with Gasteiger partial charge in [-0.3, -0.25) is 14.6 Å². The first kappa shape index (κ1) is 20.2. The summed E-state index contributed by atoms with van der Waals surface area (Å²) in [6.07, 6.45) is -0.180. The van der Waals surface area contributed by atoms with E-state index in [1.807, 2.05) is 0 Å². The molecule has 0 spiro atoms. The summed E-state index contributed by atoms with van der Waals surface area (Å²) in [5.41, 5.74) is 2.13. The molecule has 0 saturated carbocycles. The molecule has 2 heterocycles. The number of aliphatic imine (C=N–C) groups is 1. The van der Waals surface area contributed by atoms with Crippen molar-refractivity contribution in [1.82, 2.24) is 0 Å². The number of rotatable bonds is 7. The molecule has 1 aromatic heterocycles. The Kier molecular flexibility index (Phi) is 5.66. The van der Waals surface area contributed by atoms with E-state index >= 15 is 0 Å². The molecule has 0 saturated heterocycles. The summed E-state index contributed by atoms with van der Waals surface area (Å²) in [6.45, 7) is -1.32. The van der Waals surface area contributed by atoms with Crippen molar-refractivity contribution < 1.29 is 33.0 Å². The van der Waals surface area contributed by atoms with Crippen LogP contribution in [-0.4, -0.2) is 36.3 Å². The lowest BCUT2D eigenvalue weighted by atomic mass is 9.88. The zero-order chi connectivity index (χ0) is 20.6. The lowest BCUT2D eigenvalue weighted by Gasteiger charge is -2.21. The average molecular weight is 430 g/mol. The smallest absolute Gasteiger partial charge is 0.388 e. The monoisotopic (exact) mass is 429 g/mol. The first-order valence-electron chi connectivity index (χ1n) is 7.99. The number of Topliss-reactive ketones (excluding diaryl/α,β-unsaturated/α-hetero) is 1. The molecule has 1 aliphatic heterocycles. The number of nitrogens with zero attached hydrogens (tertiary/aromatic N) is 1. The van der Waals surface area contributed by atoms with Gasteiger partial charge < -0.3 is 14.6 Å². The molecule has 0 amide bonds. The molecule has 3 rings (SSSR count). The summed E-state index contributed by atoms with van der Waals surface area (Å²) in [7, 11) is 1.34. The van der Waals surface area contributed by atoms with Gasteiger partial charge in [-0.15, -0.1) is 0 Å². The molecule has 0 radical (unpaired) electrons. The summed E-state index contributed by atoms with van der Waals surface area (Å²) in [4.78, 5) is 28.6. The van der Waals surface area contributed by atoms with Crippen molar-refractivity contribution >= 4 is 40.4 Å². The largest absolute Gasteiger partial charge is 0.495 e. The van der Waals surface area contributed by atoms with Crippen LogP contribution in [0, 0.1) is 0 Å². The Balaban J connectivity index is 2.00. The summed E-state index contributed by atoms with van der Waals surface area (Å²) < 4.78 is 34.3. The normalized spacial score (nSPS) is 16.6. The number of ketones is 1. The Morgan fingerprint density at radius 3 is 2.71 bits per heavy atom. The number of alkyl halides is 2. The number of carboxylic acid groups (broad SMARTS) is 1. The quantitative estimate of drug-likeness (QED) is 0.643. The molecule has 10 heteroatoms. The number of carboxylic acids is 1. The fraction of sp³-hybridized carbons (Fsp3) is 0.278. The van der Waals surface area contributed by atoms with Gasteiger partial charge in [-0.1, -0.05) is 22.9 Å². The van der Waals surface area contributed by atoms with Gasteiger partial charge in [0.2, 0.25) is 5.78 Å². The minimum atomic E-state index is -2.99. The van der Waals surface area contributed by atoms with E-state index in [1.54, 1.807) is 6.92 Å². The van der Waals surface area contributed by atoms with Crippen LogP contribution in [0.25, 0.3) is 0 Å². The highest BCUT2D eigenvalue weighted by atomic mass is 35.5. The zero-order valence-corrected chi connectivity index (χ0v) is 16.3. The maximum absolute atomic E-state index is 12.9. The van der Waals surface area contributed by atoms with E-state index in [0.29, 0.717) is 22.6 Å². The molecule has 148 valence electrons. The number of hydrogen-bond donors (Lipinski definition) is 1. The van der Waals surface area contributed by atoms with Crippen molar-refractivity contribution in [3.63, 3.8) is 0 Å². The van der Waals surface area contributed by atoms with E-state index in [4.69, 9.17) is 21.4 Å². The van der Waals surface area contributed by atoms with Gasteiger partial charge in [0, 0.05) is 17.7 Å². The summed E-state index contributed by atoms with van der Waals surface area (Å²) in [5, 5.41) is 9.15. The maximum Gasteiger partial charge on any atom is 0.388 e. The Bertz CT molecular complexity index is 990. The van der Waals surface area contributed by atoms with Crippen LogP contribution in [0.4, 0.5) is 8.78 Å². The molecule has 0 fully saturated rings. The van der Waals surface area contributed by atoms with E-state index in [0.717, 1.165) is 11.3 Å². The fourth-order valence-corrected chi connectivity index (χ4v) is 4.31. The molecule has 2 aliphatic rings. The first-order chi connectivity index (χ1) is 13.2. The van der Waals surface area contributed by atoms with Crippen molar-refractivity contribution in [2.75, 3.05) is 7.11 Å². The van der Waals surface area contributed by atoms with Crippen molar-refractivity contribution in [3.8, 4) is 5.06 Å². The van der Waals surface area contributed by atoms with Crippen LogP contribution in [0.2, 0.25) is 0 Å². The van der Waals surface area contributed by atoms with Gasteiger partial charge in [-0.25, -0.2) is 0 Å². The minimum Gasteiger partial charge on any atom is -0.495 e. The SMILES string of the molecule is COC1=C(C(=O)c2ccc(OC(F)F)s2)CC2=NC(C)=C(CC(=O)O)C2=C1Cl. The topological polar surface area (TPSA) is 85.2 Å². The number of halogens is 3. The van der Waals surface area contributed by atoms with Gasteiger partial charge in [0.05, 0.1) is 34.7 Å². The summed E-state index contributed by atoms with van der Waals surface area (Å²) >= 11 is 7.23. The van der Waals surface area contributed by atoms with Crippen LogP contribution in [0.5, 0.6) is 5.06 Å². The number of carbonyl (C=O) groups is 2. The van der Waals surface area contributed by atoms with Crippen molar-refractivity contribution in [1.29, 1.82) is 0 Å². The number of carbonyl (C=O) groups excluding carboxylic acids is 1. The van der Waals surface area contributed by atoms with Gasteiger partial charge in [0.25, 0.3) is 0 Å². The van der Waals surface area contributed by atoms with Crippen LogP contribution in [0.3, 0.4) is 0 Å². The average Bonchev–Trinajstić information content (AvgIpc) is 3.18. The number of fused-ring (bicyclic) bond motifs is 1. The number of hydrogen-bond acceptors (Lipinski definition) is 6. The Morgan fingerprint density at radius 2 is 2.11 bits per heavy atom. The number of thiophene rings is 1. The highest BCUT2D eigenvalue weighted by molar-refractivity contribution is 7.16. The van der Waals surface area contributed by atoms with E-state index < -0.39 is 18.4 Å². The fourth-order valence-electron chi connectivity index (χ4n) is 3.07.